The highest BCUT2D eigenvalue weighted by Gasteiger charge is 2.06. The van der Waals surface area contributed by atoms with Crippen molar-refractivity contribution in [2.24, 2.45) is 5.92 Å². The molecule has 0 saturated heterocycles. The third kappa shape index (κ3) is 4.14. The number of anilines is 1. The van der Waals surface area contributed by atoms with Crippen molar-refractivity contribution >= 4 is 5.95 Å². The van der Waals surface area contributed by atoms with Gasteiger partial charge in [0.25, 0.3) is 0 Å². The van der Waals surface area contributed by atoms with Crippen LogP contribution in [0.4, 0.5) is 5.95 Å². The third-order valence-electron chi connectivity index (χ3n) is 2.04. The fraction of sp³-hybridized carbons (Fsp3) is 0.636. The van der Waals surface area contributed by atoms with Gasteiger partial charge >= 0.3 is 0 Å². The molecule has 1 aromatic rings. The quantitative estimate of drug-likeness (QED) is 0.808. The molecule has 0 bridgehead atoms. The summed E-state index contributed by atoms with van der Waals surface area (Å²) >= 11 is 0. The van der Waals surface area contributed by atoms with Crippen LogP contribution < -0.4 is 10.1 Å². The molecule has 0 fully saturated rings. The SMILES string of the molecule is COc1ccnc(NC(C)CC(C)C)n1. The first-order valence-electron chi connectivity index (χ1n) is 5.25. The van der Waals surface area contributed by atoms with E-state index in [4.69, 9.17) is 4.74 Å². The van der Waals surface area contributed by atoms with Crippen molar-refractivity contribution in [1.82, 2.24) is 9.97 Å². The van der Waals surface area contributed by atoms with Crippen LogP contribution in [0.3, 0.4) is 0 Å². The molecular weight excluding hydrogens is 190 g/mol. The Morgan fingerprint density at radius 3 is 2.73 bits per heavy atom. The summed E-state index contributed by atoms with van der Waals surface area (Å²) in [5.41, 5.74) is 0. The van der Waals surface area contributed by atoms with Crippen molar-refractivity contribution in [1.29, 1.82) is 0 Å². The Labute approximate surface area is 91.1 Å². The van der Waals surface area contributed by atoms with Crippen LogP contribution in [-0.2, 0) is 0 Å². The maximum Gasteiger partial charge on any atom is 0.226 e. The second kappa shape index (κ2) is 5.53. The lowest BCUT2D eigenvalue weighted by Crippen LogP contribution is -2.19. The molecule has 1 aromatic heterocycles. The summed E-state index contributed by atoms with van der Waals surface area (Å²) in [7, 11) is 1.60. The van der Waals surface area contributed by atoms with Crippen molar-refractivity contribution in [3.05, 3.63) is 12.3 Å². The highest BCUT2D eigenvalue weighted by Crippen LogP contribution is 2.11. The van der Waals surface area contributed by atoms with Crippen LogP contribution in [0.2, 0.25) is 0 Å². The highest BCUT2D eigenvalue weighted by molar-refractivity contribution is 5.28. The number of methoxy groups -OCH3 is 1. The second-order valence-electron chi connectivity index (χ2n) is 4.10. The van der Waals surface area contributed by atoms with Gasteiger partial charge in [0.05, 0.1) is 7.11 Å². The first kappa shape index (κ1) is 11.8. The van der Waals surface area contributed by atoms with E-state index < -0.39 is 0 Å². The van der Waals surface area contributed by atoms with Gasteiger partial charge in [0.1, 0.15) is 0 Å². The summed E-state index contributed by atoms with van der Waals surface area (Å²) < 4.78 is 5.03. The van der Waals surface area contributed by atoms with Crippen LogP contribution in [0.1, 0.15) is 27.2 Å². The monoisotopic (exact) mass is 209 g/mol. The summed E-state index contributed by atoms with van der Waals surface area (Å²) in [5.74, 6) is 1.88. The molecule has 15 heavy (non-hydrogen) atoms. The maximum atomic E-state index is 5.03. The van der Waals surface area contributed by atoms with Gasteiger partial charge in [-0.1, -0.05) is 13.8 Å². The fourth-order valence-corrected chi connectivity index (χ4v) is 1.51. The van der Waals surface area contributed by atoms with Crippen LogP contribution in [0.15, 0.2) is 12.3 Å². The Bertz CT molecular complexity index is 302. The molecule has 0 aromatic carbocycles. The summed E-state index contributed by atoms with van der Waals surface area (Å²) in [6.45, 7) is 6.53. The van der Waals surface area contributed by atoms with E-state index in [0.29, 0.717) is 23.8 Å². The fourth-order valence-electron chi connectivity index (χ4n) is 1.51. The van der Waals surface area contributed by atoms with Crippen molar-refractivity contribution in [3.8, 4) is 5.88 Å². The average Bonchev–Trinajstić information content (AvgIpc) is 2.16. The molecule has 0 aliphatic heterocycles. The van der Waals surface area contributed by atoms with Gasteiger partial charge < -0.3 is 10.1 Å². The molecule has 0 aliphatic carbocycles. The van der Waals surface area contributed by atoms with Gasteiger partial charge in [-0.15, -0.1) is 0 Å². The number of rotatable bonds is 5. The number of hydrogen-bond donors (Lipinski definition) is 1. The molecular formula is C11H19N3O. The van der Waals surface area contributed by atoms with Gasteiger partial charge in [-0.25, -0.2) is 4.98 Å². The number of nitrogens with one attached hydrogen (secondary N) is 1. The number of nitrogens with zero attached hydrogens (tertiary/aromatic N) is 2. The predicted molar refractivity (Wildman–Crippen MR) is 61.1 cm³/mol. The van der Waals surface area contributed by atoms with E-state index in [1.165, 1.54) is 0 Å². The zero-order valence-corrected chi connectivity index (χ0v) is 9.82. The molecule has 0 radical (unpaired) electrons. The molecule has 0 amide bonds. The van der Waals surface area contributed by atoms with Gasteiger partial charge in [0.15, 0.2) is 0 Å². The topological polar surface area (TPSA) is 47.0 Å². The van der Waals surface area contributed by atoms with Crippen LogP contribution in [0, 0.1) is 5.92 Å². The van der Waals surface area contributed by atoms with E-state index in [1.54, 1.807) is 19.4 Å². The van der Waals surface area contributed by atoms with E-state index in [-0.39, 0.29) is 0 Å². The normalized spacial score (nSPS) is 12.6. The standard InChI is InChI=1S/C11H19N3O/c1-8(2)7-9(3)13-11-12-6-5-10(14-11)15-4/h5-6,8-9H,7H2,1-4H3,(H,12,13,14). The number of aromatic nitrogens is 2. The van der Waals surface area contributed by atoms with Crippen LogP contribution in [0.25, 0.3) is 0 Å². The second-order valence-corrected chi connectivity index (χ2v) is 4.10. The van der Waals surface area contributed by atoms with E-state index in [9.17, 15) is 0 Å². The average molecular weight is 209 g/mol. The molecule has 1 unspecified atom stereocenters. The smallest absolute Gasteiger partial charge is 0.226 e. The van der Waals surface area contributed by atoms with Crippen LogP contribution in [-0.4, -0.2) is 23.1 Å². The summed E-state index contributed by atoms with van der Waals surface area (Å²) in [4.78, 5) is 8.33. The Balaban J connectivity index is 2.55. The van der Waals surface area contributed by atoms with E-state index in [0.717, 1.165) is 6.42 Å². The molecule has 1 atom stereocenters. The maximum absolute atomic E-state index is 5.03. The minimum atomic E-state index is 0.372. The van der Waals surface area contributed by atoms with Crippen molar-refractivity contribution in [3.63, 3.8) is 0 Å². The zero-order chi connectivity index (χ0) is 11.3. The van der Waals surface area contributed by atoms with E-state index in [2.05, 4.69) is 36.1 Å². The molecule has 0 saturated carbocycles. The van der Waals surface area contributed by atoms with Gasteiger partial charge in [-0.05, 0) is 19.3 Å². The largest absolute Gasteiger partial charge is 0.481 e. The summed E-state index contributed by atoms with van der Waals surface area (Å²) in [5, 5.41) is 3.25. The minimum Gasteiger partial charge on any atom is -0.481 e. The first-order valence-corrected chi connectivity index (χ1v) is 5.25. The molecule has 0 aliphatic rings. The molecule has 84 valence electrons. The van der Waals surface area contributed by atoms with E-state index in [1.807, 2.05) is 0 Å². The molecule has 4 nitrogen and oxygen atoms in total. The first-order chi connectivity index (χ1) is 7.11. The van der Waals surface area contributed by atoms with Crippen LogP contribution >= 0.6 is 0 Å². The van der Waals surface area contributed by atoms with Crippen molar-refractivity contribution in [2.45, 2.75) is 33.2 Å². The van der Waals surface area contributed by atoms with Crippen molar-refractivity contribution < 1.29 is 4.74 Å². The number of ether oxygens (including phenoxy) is 1. The highest BCUT2D eigenvalue weighted by atomic mass is 16.5. The lowest BCUT2D eigenvalue weighted by atomic mass is 10.1. The van der Waals surface area contributed by atoms with E-state index >= 15 is 0 Å². The number of hydrogen-bond acceptors (Lipinski definition) is 4. The van der Waals surface area contributed by atoms with Gasteiger partial charge in [-0.2, -0.15) is 4.98 Å². The minimum absolute atomic E-state index is 0.372. The van der Waals surface area contributed by atoms with Gasteiger partial charge in [0, 0.05) is 18.3 Å². The Morgan fingerprint density at radius 1 is 1.40 bits per heavy atom. The summed E-state index contributed by atoms with van der Waals surface area (Å²) in [6, 6.07) is 2.11. The molecule has 0 spiro atoms. The van der Waals surface area contributed by atoms with Gasteiger partial charge in [-0.3, -0.25) is 0 Å². The Morgan fingerprint density at radius 2 is 2.13 bits per heavy atom. The molecule has 1 heterocycles. The van der Waals surface area contributed by atoms with Crippen molar-refractivity contribution in [2.75, 3.05) is 12.4 Å². The zero-order valence-electron chi connectivity index (χ0n) is 9.82. The van der Waals surface area contributed by atoms with Crippen LogP contribution in [0.5, 0.6) is 5.88 Å². The lowest BCUT2D eigenvalue weighted by molar-refractivity contribution is 0.397. The Kier molecular flexibility index (Phi) is 4.34. The molecule has 1 rings (SSSR count). The lowest BCUT2D eigenvalue weighted by Gasteiger charge is -2.15. The summed E-state index contributed by atoms with van der Waals surface area (Å²) in [6.07, 6.45) is 2.79. The van der Waals surface area contributed by atoms with Gasteiger partial charge in [0.2, 0.25) is 11.8 Å². The molecule has 1 N–H and O–H groups in total. The molecule has 4 heteroatoms. The third-order valence-corrected chi connectivity index (χ3v) is 2.04. The predicted octanol–water partition coefficient (Wildman–Crippen LogP) is 2.33. The Hall–Kier alpha value is -1.32.